The molecule has 0 radical (unpaired) electrons. The molecule has 0 aromatic heterocycles. The van der Waals surface area contributed by atoms with Crippen LogP contribution in [0.3, 0.4) is 0 Å². The van der Waals surface area contributed by atoms with Gasteiger partial charge in [-0.25, -0.2) is 0 Å². The van der Waals surface area contributed by atoms with Crippen molar-refractivity contribution in [3.63, 3.8) is 0 Å². The molecule has 4 aliphatic heterocycles. The number of hydrogen-bond donors (Lipinski definition) is 0. The van der Waals surface area contributed by atoms with E-state index in [-0.39, 0.29) is 0 Å². The van der Waals surface area contributed by atoms with Gasteiger partial charge in [-0.3, -0.25) is 0 Å². The molecule has 14 rings (SSSR count). The van der Waals surface area contributed by atoms with E-state index in [0.717, 1.165) is 5.69 Å². The molecular formula is C63H42N2. The fraction of sp³-hybridized carbons (Fsp3) is 0.0476. The summed E-state index contributed by atoms with van der Waals surface area (Å²) in [6, 6.07) is 96.1. The lowest BCUT2D eigenvalue weighted by atomic mass is 9.52. The summed E-state index contributed by atoms with van der Waals surface area (Å²) in [5.74, 6) is 0. The highest BCUT2D eigenvalue weighted by Crippen LogP contribution is 2.73. The van der Waals surface area contributed by atoms with E-state index >= 15 is 0 Å². The van der Waals surface area contributed by atoms with Crippen molar-refractivity contribution in [3.8, 4) is 0 Å². The third-order valence-electron chi connectivity index (χ3n) is 15.1. The van der Waals surface area contributed by atoms with Gasteiger partial charge >= 0.3 is 0 Å². The van der Waals surface area contributed by atoms with Gasteiger partial charge in [0.1, 0.15) is 0 Å². The van der Waals surface area contributed by atoms with E-state index in [1.165, 1.54) is 95.2 Å². The largest absolute Gasteiger partial charge is 0.310 e. The lowest BCUT2D eigenvalue weighted by molar-refractivity contribution is 0.651. The van der Waals surface area contributed by atoms with Gasteiger partial charge in [-0.1, -0.05) is 231 Å². The molecule has 0 amide bonds. The molecule has 0 bridgehead atoms. The van der Waals surface area contributed by atoms with Crippen LogP contribution in [-0.4, -0.2) is 0 Å². The van der Waals surface area contributed by atoms with Crippen molar-refractivity contribution < 1.29 is 0 Å². The molecule has 0 N–H and O–H groups in total. The molecule has 0 aliphatic carbocycles. The molecule has 0 saturated carbocycles. The SMILES string of the molecule is c1ccc(N2c3ccccc3C3(c4ccccc42)c2cccc4c2N2c5c(cccc5C(c5ccccc5)(c5ccccc5)c5cccc3c52)C4(c2ccccc2)c2ccccc2)cc1. The Morgan fingerprint density at radius 2 is 0.462 bits per heavy atom. The average Bonchev–Trinajstić information content (AvgIpc) is 3.39. The van der Waals surface area contributed by atoms with Gasteiger partial charge in [0.25, 0.3) is 0 Å². The van der Waals surface area contributed by atoms with Crippen molar-refractivity contribution in [1.29, 1.82) is 0 Å². The van der Waals surface area contributed by atoms with Gasteiger partial charge in [-0.05, 0) is 91.0 Å². The number of fused-ring (bicyclic) bond motifs is 6. The predicted octanol–water partition coefficient (Wildman–Crippen LogP) is 15.0. The highest BCUT2D eigenvalue weighted by atomic mass is 15.2. The zero-order valence-corrected chi connectivity index (χ0v) is 35.6. The van der Waals surface area contributed by atoms with Gasteiger partial charge in [-0.2, -0.15) is 0 Å². The summed E-state index contributed by atoms with van der Waals surface area (Å²) in [5, 5.41) is 0. The summed E-state index contributed by atoms with van der Waals surface area (Å²) in [7, 11) is 0. The quantitative estimate of drug-likeness (QED) is 0.171. The Balaban J connectivity index is 1.25. The first kappa shape index (κ1) is 36.3. The van der Waals surface area contributed by atoms with E-state index in [1.807, 2.05) is 0 Å². The zero-order valence-electron chi connectivity index (χ0n) is 35.6. The van der Waals surface area contributed by atoms with E-state index in [0.29, 0.717) is 0 Å². The summed E-state index contributed by atoms with van der Waals surface area (Å²) >= 11 is 0. The van der Waals surface area contributed by atoms with Gasteiger partial charge in [-0.15, -0.1) is 0 Å². The molecule has 0 unspecified atom stereocenters. The van der Waals surface area contributed by atoms with Crippen LogP contribution in [0.25, 0.3) is 0 Å². The molecule has 65 heavy (non-hydrogen) atoms. The molecule has 0 saturated heterocycles. The predicted molar refractivity (Wildman–Crippen MR) is 265 cm³/mol. The standard InChI is InChI=1S/C63H42N2/c1-6-23-43(24-7-1)61(44-25-8-2-9-26-44)50-35-20-36-51-58(50)65-59-52(61)37-21-39-54(59)63(48-33-16-18-41-56(48)64(47-31-14-5-15-32-47)57-42-19-17-34-49(57)63)55-40-22-38-53(60(55)65)62(51,45-27-10-3-11-28-45)46-29-12-4-13-30-46/h1-42H. The van der Waals surface area contributed by atoms with Gasteiger partial charge in [0.15, 0.2) is 0 Å². The number of rotatable bonds is 5. The first-order chi connectivity index (χ1) is 32.3. The lowest BCUT2D eigenvalue weighted by Crippen LogP contribution is -2.50. The molecule has 4 aliphatic rings. The van der Waals surface area contributed by atoms with Crippen LogP contribution in [-0.2, 0) is 16.2 Å². The second-order valence-corrected chi connectivity index (χ2v) is 17.9. The molecule has 10 aromatic carbocycles. The molecule has 0 fully saturated rings. The number of nitrogens with zero attached hydrogens (tertiary/aromatic N) is 2. The average molecular weight is 827 g/mol. The molecule has 10 aromatic rings. The maximum Gasteiger partial charge on any atom is 0.0783 e. The Morgan fingerprint density at radius 3 is 0.800 bits per heavy atom. The minimum atomic E-state index is -0.715. The Bertz CT molecular complexity index is 3200. The molecule has 304 valence electrons. The number of hydrogen-bond acceptors (Lipinski definition) is 2. The first-order valence-electron chi connectivity index (χ1n) is 22.8. The maximum absolute atomic E-state index is 2.72. The van der Waals surface area contributed by atoms with Crippen molar-refractivity contribution in [2.24, 2.45) is 0 Å². The highest BCUT2D eigenvalue weighted by Gasteiger charge is 2.61. The van der Waals surface area contributed by atoms with Crippen molar-refractivity contribution in [3.05, 3.63) is 322 Å². The van der Waals surface area contributed by atoms with Crippen LogP contribution >= 0.6 is 0 Å². The molecular weight excluding hydrogens is 785 g/mol. The molecule has 2 heteroatoms. The highest BCUT2D eigenvalue weighted by molar-refractivity contribution is 6.05. The molecule has 4 heterocycles. The lowest BCUT2D eigenvalue weighted by Gasteiger charge is -2.59. The third-order valence-corrected chi connectivity index (χ3v) is 15.1. The zero-order chi connectivity index (χ0) is 42.7. The number of anilines is 6. The second kappa shape index (κ2) is 13.4. The smallest absolute Gasteiger partial charge is 0.0783 e. The fourth-order valence-electron chi connectivity index (χ4n) is 13.0. The van der Waals surface area contributed by atoms with Gasteiger partial charge < -0.3 is 9.80 Å². The Labute approximate surface area is 380 Å². The van der Waals surface area contributed by atoms with Crippen LogP contribution in [0.2, 0.25) is 0 Å². The van der Waals surface area contributed by atoms with E-state index in [4.69, 9.17) is 0 Å². The summed E-state index contributed by atoms with van der Waals surface area (Å²) in [6.07, 6.45) is 0. The summed E-state index contributed by atoms with van der Waals surface area (Å²) in [4.78, 5) is 5.20. The minimum Gasteiger partial charge on any atom is -0.310 e. The molecule has 0 atom stereocenters. The Kier molecular flexibility index (Phi) is 7.49. The van der Waals surface area contributed by atoms with Crippen LogP contribution in [0.15, 0.2) is 255 Å². The van der Waals surface area contributed by atoms with E-state index in [1.54, 1.807) is 0 Å². The van der Waals surface area contributed by atoms with Crippen LogP contribution in [0.5, 0.6) is 0 Å². The third kappa shape index (κ3) is 4.39. The van der Waals surface area contributed by atoms with Crippen LogP contribution in [0.4, 0.5) is 34.1 Å². The maximum atomic E-state index is 2.72. The number of benzene rings is 10. The summed E-state index contributed by atoms with van der Waals surface area (Å²) in [6.45, 7) is 0. The molecule has 1 spiro atoms. The van der Waals surface area contributed by atoms with Crippen LogP contribution in [0, 0.1) is 0 Å². The summed E-state index contributed by atoms with van der Waals surface area (Å²) < 4.78 is 0. The normalized spacial score (nSPS) is 15.7. The van der Waals surface area contributed by atoms with Crippen molar-refractivity contribution >= 4 is 34.1 Å². The van der Waals surface area contributed by atoms with Crippen molar-refractivity contribution in [2.45, 2.75) is 16.2 Å². The van der Waals surface area contributed by atoms with Gasteiger partial charge in [0, 0.05) is 5.69 Å². The second-order valence-electron chi connectivity index (χ2n) is 17.9. The van der Waals surface area contributed by atoms with E-state index < -0.39 is 16.2 Å². The van der Waals surface area contributed by atoms with Crippen molar-refractivity contribution in [2.75, 3.05) is 9.80 Å². The Hall–Kier alpha value is -8.20. The van der Waals surface area contributed by atoms with Gasteiger partial charge in [0.2, 0.25) is 0 Å². The monoisotopic (exact) mass is 826 g/mol. The summed E-state index contributed by atoms with van der Waals surface area (Å²) in [5.41, 5.74) is 20.4. The first-order valence-corrected chi connectivity index (χ1v) is 22.8. The van der Waals surface area contributed by atoms with E-state index in [2.05, 4.69) is 265 Å². The topological polar surface area (TPSA) is 6.48 Å². The van der Waals surface area contributed by atoms with Gasteiger partial charge in [0.05, 0.1) is 44.7 Å². The van der Waals surface area contributed by atoms with E-state index in [9.17, 15) is 0 Å². The van der Waals surface area contributed by atoms with Crippen LogP contribution < -0.4 is 9.80 Å². The fourth-order valence-corrected chi connectivity index (χ4v) is 13.0. The minimum absolute atomic E-state index is 0.677. The molecule has 2 nitrogen and oxygen atoms in total. The van der Waals surface area contributed by atoms with Crippen molar-refractivity contribution in [1.82, 2.24) is 0 Å². The number of para-hydroxylation sites is 6. The Morgan fingerprint density at radius 1 is 0.200 bits per heavy atom. The van der Waals surface area contributed by atoms with Crippen LogP contribution in [0.1, 0.15) is 66.8 Å².